The van der Waals surface area contributed by atoms with Crippen molar-refractivity contribution in [2.45, 2.75) is 31.9 Å². The van der Waals surface area contributed by atoms with E-state index in [1.165, 1.54) is 18.2 Å². The summed E-state index contributed by atoms with van der Waals surface area (Å²) in [5, 5.41) is 9.06. The van der Waals surface area contributed by atoms with Crippen LogP contribution < -0.4 is 4.74 Å². The monoisotopic (exact) mass is 285 g/mol. The Labute approximate surface area is 116 Å². The van der Waals surface area contributed by atoms with E-state index in [4.69, 9.17) is 5.11 Å². The molecular formula is C14H17F2NO3. The van der Waals surface area contributed by atoms with Crippen molar-refractivity contribution in [1.82, 2.24) is 4.90 Å². The van der Waals surface area contributed by atoms with E-state index in [-0.39, 0.29) is 30.9 Å². The minimum atomic E-state index is -2.92. The summed E-state index contributed by atoms with van der Waals surface area (Å²) in [5.41, 5.74) is 0.295. The summed E-state index contributed by atoms with van der Waals surface area (Å²) in [6, 6.07) is 5.88. The van der Waals surface area contributed by atoms with Gasteiger partial charge in [-0.15, -0.1) is 0 Å². The first-order chi connectivity index (χ1) is 9.61. The van der Waals surface area contributed by atoms with Crippen LogP contribution in [-0.2, 0) is 0 Å². The number of carbonyl (C=O) groups excluding carboxylic acids is 1. The second kappa shape index (κ2) is 6.65. The van der Waals surface area contributed by atoms with Crippen molar-refractivity contribution in [2.24, 2.45) is 0 Å². The molecule has 1 fully saturated rings. The number of aliphatic hydroxyl groups is 1. The van der Waals surface area contributed by atoms with Crippen LogP contribution in [0.15, 0.2) is 24.3 Å². The summed E-state index contributed by atoms with van der Waals surface area (Å²) in [4.78, 5) is 14.0. The molecule has 0 bridgehead atoms. The maximum atomic E-state index is 12.4. The van der Waals surface area contributed by atoms with E-state index < -0.39 is 6.61 Å². The zero-order chi connectivity index (χ0) is 14.5. The number of nitrogens with zero attached hydrogens (tertiary/aromatic N) is 1. The van der Waals surface area contributed by atoms with Gasteiger partial charge in [-0.25, -0.2) is 0 Å². The molecule has 0 atom stereocenters. The van der Waals surface area contributed by atoms with Crippen molar-refractivity contribution >= 4 is 5.91 Å². The lowest BCUT2D eigenvalue weighted by Crippen LogP contribution is -2.45. The van der Waals surface area contributed by atoms with Gasteiger partial charge in [0.1, 0.15) is 5.75 Å². The average Bonchev–Trinajstić information content (AvgIpc) is 2.35. The summed E-state index contributed by atoms with van der Waals surface area (Å²) >= 11 is 0. The zero-order valence-electron chi connectivity index (χ0n) is 11.0. The molecule has 0 aliphatic heterocycles. The van der Waals surface area contributed by atoms with Crippen LogP contribution in [0.25, 0.3) is 0 Å². The highest BCUT2D eigenvalue weighted by Gasteiger charge is 2.29. The van der Waals surface area contributed by atoms with Crippen molar-refractivity contribution in [2.75, 3.05) is 13.2 Å². The second-order valence-corrected chi connectivity index (χ2v) is 4.71. The van der Waals surface area contributed by atoms with Crippen LogP contribution in [0.3, 0.4) is 0 Å². The summed E-state index contributed by atoms with van der Waals surface area (Å²) < 4.78 is 28.6. The average molecular weight is 285 g/mol. The summed E-state index contributed by atoms with van der Waals surface area (Å²) in [5.74, 6) is -0.299. The van der Waals surface area contributed by atoms with Crippen LogP contribution >= 0.6 is 0 Å². The fourth-order valence-corrected chi connectivity index (χ4v) is 2.23. The van der Waals surface area contributed by atoms with Gasteiger partial charge in [-0.1, -0.05) is 6.07 Å². The Morgan fingerprint density at radius 2 is 2.20 bits per heavy atom. The molecule has 0 saturated heterocycles. The van der Waals surface area contributed by atoms with Gasteiger partial charge in [0.2, 0.25) is 0 Å². The van der Waals surface area contributed by atoms with Crippen LogP contribution in [0.1, 0.15) is 29.6 Å². The van der Waals surface area contributed by atoms with E-state index in [2.05, 4.69) is 4.74 Å². The lowest BCUT2D eigenvalue weighted by Gasteiger charge is -2.37. The molecule has 2 rings (SSSR count). The molecule has 1 aromatic carbocycles. The third-order valence-corrected chi connectivity index (χ3v) is 3.42. The van der Waals surface area contributed by atoms with Gasteiger partial charge in [-0.3, -0.25) is 4.79 Å². The number of aliphatic hydroxyl groups excluding tert-OH is 1. The Morgan fingerprint density at radius 3 is 2.75 bits per heavy atom. The number of hydrogen-bond acceptors (Lipinski definition) is 3. The molecule has 0 unspecified atom stereocenters. The number of alkyl halides is 2. The summed E-state index contributed by atoms with van der Waals surface area (Å²) in [6.45, 7) is -2.78. The quantitative estimate of drug-likeness (QED) is 0.872. The predicted molar refractivity (Wildman–Crippen MR) is 68.8 cm³/mol. The lowest BCUT2D eigenvalue weighted by atomic mass is 9.91. The van der Waals surface area contributed by atoms with E-state index in [9.17, 15) is 13.6 Å². The SMILES string of the molecule is O=C(c1cccc(OC(F)F)c1)N(CCO)C1CCC1. The van der Waals surface area contributed by atoms with Crippen LogP contribution in [0.5, 0.6) is 5.75 Å². The van der Waals surface area contributed by atoms with Crippen LogP contribution in [0.4, 0.5) is 8.78 Å². The van der Waals surface area contributed by atoms with Gasteiger partial charge in [-0.05, 0) is 37.5 Å². The molecule has 110 valence electrons. The first kappa shape index (κ1) is 14.7. The number of benzene rings is 1. The van der Waals surface area contributed by atoms with Crippen molar-refractivity contribution < 1.29 is 23.4 Å². The molecule has 1 aliphatic carbocycles. The number of ether oxygens (including phenoxy) is 1. The van der Waals surface area contributed by atoms with Crippen LogP contribution in [0, 0.1) is 0 Å². The standard InChI is InChI=1S/C14H17F2NO3/c15-14(16)20-12-6-1-3-10(9-12)13(19)17(7-8-18)11-4-2-5-11/h1,3,6,9,11,14,18H,2,4-5,7-8H2. The van der Waals surface area contributed by atoms with E-state index >= 15 is 0 Å². The maximum Gasteiger partial charge on any atom is 0.387 e. The first-order valence-electron chi connectivity index (χ1n) is 6.58. The fraction of sp³-hybridized carbons (Fsp3) is 0.500. The molecule has 1 aromatic rings. The van der Waals surface area contributed by atoms with Crippen molar-refractivity contribution in [3.63, 3.8) is 0 Å². The van der Waals surface area contributed by atoms with Gasteiger partial charge >= 0.3 is 6.61 Å². The van der Waals surface area contributed by atoms with Gasteiger partial charge in [0.05, 0.1) is 6.61 Å². The van der Waals surface area contributed by atoms with Gasteiger partial charge in [-0.2, -0.15) is 8.78 Å². The molecule has 1 aliphatic rings. The molecule has 0 heterocycles. The lowest BCUT2D eigenvalue weighted by molar-refractivity contribution is -0.0499. The second-order valence-electron chi connectivity index (χ2n) is 4.71. The Kier molecular flexibility index (Phi) is 4.89. The number of rotatable bonds is 6. The van der Waals surface area contributed by atoms with Crippen molar-refractivity contribution in [3.05, 3.63) is 29.8 Å². The number of carbonyl (C=O) groups is 1. The first-order valence-corrected chi connectivity index (χ1v) is 6.58. The molecule has 1 amide bonds. The van der Waals surface area contributed by atoms with Crippen LogP contribution in [0.2, 0.25) is 0 Å². The smallest absolute Gasteiger partial charge is 0.387 e. The normalized spacial score (nSPS) is 15.0. The van der Waals surface area contributed by atoms with Crippen LogP contribution in [-0.4, -0.2) is 41.7 Å². The third kappa shape index (κ3) is 3.45. The Hall–Kier alpha value is -1.69. The van der Waals surface area contributed by atoms with Gasteiger partial charge < -0.3 is 14.7 Å². The molecule has 0 aromatic heterocycles. The number of hydrogen-bond donors (Lipinski definition) is 1. The van der Waals surface area contributed by atoms with Gasteiger partial charge in [0, 0.05) is 18.2 Å². The van der Waals surface area contributed by atoms with Gasteiger partial charge in [0.25, 0.3) is 5.91 Å². The highest BCUT2D eigenvalue weighted by atomic mass is 19.3. The molecule has 20 heavy (non-hydrogen) atoms. The largest absolute Gasteiger partial charge is 0.435 e. The highest BCUT2D eigenvalue weighted by Crippen LogP contribution is 2.26. The minimum absolute atomic E-state index is 0.0385. The predicted octanol–water partition coefficient (Wildman–Crippen LogP) is 2.28. The minimum Gasteiger partial charge on any atom is -0.435 e. The Bertz CT molecular complexity index is 463. The molecule has 1 saturated carbocycles. The van der Waals surface area contributed by atoms with E-state index in [1.807, 2.05) is 0 Å². The molecule has 6 heteroatoms. The molecule has 1 N–H and O–H groups in total. The zero-order valence-corrected chi connectivity index (χ0v) is 11.0. The molecule has 0 radical (unpaired) electrons. The highest BCUT2D eigenvalue weighted by molar-refractivity contribution is 5.94. The number of halogens is 2. The van der Waals surface area contributed by atoms with E-state index in [0.29, 0.717) is 5.56 Å². The topological polar surface area (TPSA) is 49.8 Å². The third-order valence-electron chi connectivity index (χ3n) is 3.42. The van der Waals surface area contributed by atoms with Crippen molar-refractivity contribution in [3.8, 4) is 5.75 Å². The Morgan fingerprint density at radius 1 is 1.45 bits per heavy atom. The van der Waals surface area contributed by atoms with E-state index in [1.54, 1.807) is 11.0 Å². The Balaban J connectivity index is 2.13. The summed E-state index contributed by atoms with van der Waals surface area (Å²) in [7, 11) is 0. The number of amides is 1. The maximum absolute atomic E-state index is 12.4. The molecular weight excluding hydrogens is 268 g/mol. The van der Waals surface area contributed by atoms with Crippen molar-refractivity contribution in [1.29, 1.82) is 0 Å². The van der Waals surface area contributed by atoms with Gasteiger partial charge in [0.15, 0.2) is 0 Å². The molecule has 0 spiro atoms. The van der Waals surface area contributed by atoms with E-state index in [0.717, 1.165) is 19.3 Å². The molecule has 4 nitrogen and oxygen atoms in total. The summed E-state index contributed by atoms with van der Waals surface area (Å²) in [6.07, 6.45) is 2.90. The fourth-order valence-electron chi connectivity index (χ4n) is 2.23.